The Labute approximate surface area is 137 Å². The number of hydrogen-bond donors (Lipinski definition) is 0. The molecule has 0 bridgehead atoms. The van der Waals surface area contributed by atoms with Crippen LogP contribution in [0.15, 0.2) is 48.5 Å². The second kappa shape index (κ2) is 6.85. The third kappa shape index (κ3) is 3.62. The molecule has 0 aliphatic heterocycles. The molecule has 1 aliphatic carbocycles. The molecule has 0 amide bonds. The third-order valence-corrected chi connectivity index (χ3v) is 5.22. The van der Waals surface area contributed by atoms with Crippen molar-refractivity contribution in [1.29, 1.82) is 0 Å². The Balaban J connectivity index is 1.75. The number of hydrogen-bond acceptors (Lipinski definition) is 0. The lowest BCUT2D eigenvalue weighted by molar-refractivity contribution is 0.443. The molecule has 0 saturated heterocycles. The Kier molecular flexibility index (Phi) is 4.87. The normalized spacial score (nSPS) is 17.6. The first kappa shape index (κ1) is 14.9. The molecule has 2 aromatic carbocycles. The zero-order valence-electron chi connectivity index (χ0n) is 12.1. The average Bonchev–Trinajstić information content (AvgIpc) is 2.56. The van der Waals surface area contributed by atoms with E-state index in [1.54, 1.807) is 0 Å². The summed E-state index contributed by atoms with van der Waals surface area (Å²) in [6.07, 6.45) is 6.81. The van der Waals surface area contributed by atoms with Gasteiger partial charge in [0.15, 0.2) is 0 Å². The summed E-state index contributed by atoms with van der Waals surface area (Å²) in [7, 11) is 0. The summed E-state index contributed by atoms with van der Waals surface area (Å²) >= 11 is 12.5. The second-order valence-corrected chi connectivity index (χ2v) is 6.79. The summed E-state index contributed by atoms with van der Waals surface area (Å²) < 4.78 is 0. The Morgan fingerprint density at radius 2 is 1.29 bits per heavy atom. The van der Waals surface area contributed by atoms with Gasteiger partial charge in [-0.1, -0.05) is 67.3 Å². The lowest BCUT2D eigenvalue weighted by atomic mass is 9.84. The summed E-state index contributed by atoms with van der Waals surface area (Å²) in [4.78, 5) is 0. The van der Waals surface area contributed by atoms with E-state index in [0.29, 0.717) is 0 Å². The van der Waals surface area contributed by atoms with Gasteiger partial charge in [-0.3, -0.25) is 0 Å². The van der Waals surface area contributed by atoms with Crippen LogP contribution < -0.4 is 0 Å². The molecule has 0 radical (unpaired) electrons. The maximum atomic E-state index is 6.58. The van der Waals surface area contributed by atoms with Gasteiger partial charge < -0.3 is 0 Å². The van der Waals surface area contributed by atoms with Crippen molar-refractivity contribution in [2.24, 2.45) is 0 Å². The molecule has 1 fully saturated rings. The molecule has 110 valence electrons. The lowest BCUT2D eigenvalue weighted by Crippen LogP contribution is -2.04. The van der Waals surface area contributed by atoms with E-state index in [4.69, 9.17) is 23.2 Å². The fourth-order valence-corrected chi connectivity index (χ4v) is 3.61. The summed E-state index contributed by atoms with van der Waals surface area (Å²) in [6, 6.07) is 16.6. The van der Waals surface area contributed by atoms with Crippen LogP contribution in [0.2, 0.25) is 5.02 Å². The van der Waals surface area contributed by atoms with Gasteiger partial charge in [0.25, 0.3) is 0 Å². The van der Waals surface area contributed by atoms with Gasteiger partial charge in [-0.25, -0.2) is 0 Å². The highest BCUT2D eigenvalue weighted by Crippen LogP contribution is 2.35. The Hall–Kier alpha value is -0.980. The predicted octanol–water partition coefficient (Wildman–Crippen LogP) is 6.72. The van der Waals surface area contributed by atoms with Gasteiger partial charge >= 0.3 is 0 Å². The van der Waals surface area contributed by atoms with Gasteiger partial charge in [0.05, 0.1) is 5.38 Å². The smallest absolute Gasteiger partial charge is 0.0835 e. The molecule has 0 N–H and O–H groups in total. The molecule has 0 aromatic heterocycles. The molecule has 1 unspecified atom stereocenters. The van der Waals surface area contributed by atoms with Gasteiger partial charge in [0.1, 0.15) is 0 Å². The van der Waals surface area contributed by atoms with Gasteiger partial charge in [0, 0.05) is 5.02 Å². The van der Waals surface area contributed by atoms with E-state index in [-0.39, 0.29) is 5.38 Å². The fourth-order valence-electron chi connectivity index (χ4n) is 3.20. The van der Waals surface area contributed by atoms with Gasteiger partial charge in [-0.15, -0.1) is 11.6 Å². The van der Waals surface area contributed by atoms with Crippen molar-refractivity contribution in [2.45, 2.75) is 43.4 Å². The highest BCUT2D eigenvalue weighted by Gasteiger charge is 2.16. The molecule has 2 aromatic rings. The average molecular weight is 319 g/mol. The van der Waals surface area contributed by atoms with Crippen molar-refractivity contribution in [3.05, 3.63) is 70.2 Å². The van der Waals surface area contributed by atoms with Crippen molar-refractivity contribution in [3.63, 3.8) is 0 Å². The molecule has 0 nitrogen and oxygen atoms in total. The van der Waals surface area contributed by atoms with Gasteiger partial charge in [0.2, 0.25) is 0 Å². The van der Waals surface area contributed by atoms with Crippen molar-refractivity contribution in [3.8, 4) is 0 Å². The quantitative estimate of drug-likeness (QED) is 0.551. The monoisotopic (exact) mass is 318 g/mol. The van der Waals surface area contributed by atoms with E-state index in [9.17, 15) is 0 Å². The van der Waals surface area contributed by atoms with E-state index in [0.717, 1.165) is 22.1 Å². The van der Waals surface area contributed by atoms with Crippen LogP contribution in [0.25, 0.3) is 0 Å². The molecular weight excluding hydrogens is 299 g/mol. The maximum absolute atomic E-state index is 6.58. The van der Waals surface area contributed by atoms with E-state index in [2.05, 4.69) is 24.3 Å². The van der Waals surface area contributed by atoms with E-state index < -0.39 is 0 Å². The Morgan fingerprint density at radius 1 is 0.762 bits per heavy atom. The first-order chi connectivity index (χ1) is 10.2. The van der Waals surface area contributed by atoms with Crippen LogP contribution in [0.5, 0.6) is 0 Å². The maximum Gasteiger partial charge on any atom is 0.0835 e. The molecule has 1 atom stereocenters. The van der Waals surface area contributed by atoms with Crippen molar-refractivity contribution < 1.29 is 0 Å². The Morgan fingerprint density at radius 3 is 1.86 bits per heavy atom. The summed E-state index contributed by atoms with van der Waals surface area (Å²) in [5.74, 6) is 0.747. The summed E-state index contributed by atoms with van der Waals surface area (Å²) in [5.41, 5.74) is 3.71. The van der Waals surface area contributed by atoms with Crippen molar-refractivity contribution in [2.75, 3.05) is 0 Å². The lowest BCUT2D eigenvalue weighted by Gasteiger charge is -2.22. The van der Waals surface area contributed by atoms with Crippen molar-refractivity contribution >= 4 is 23.2 Å². The van der Waals surface area contributed by atoms with Crippen LogP contribution in [-0.4, -0.2) is 0 Å². The minimum atomic E-state index is -0.109. The minimum Gasteiger partial charge on any atom is -0.113 e. The highest BCUT2D eigenvalue weighted by molar-refractivity contribution is 6.30. The number of halogens is 2. The molecular formula is C19H20Cl2. The molecule has 0 heterocycles. The van der Waals surface area contributed by atoms with E-state index >= 15 is 0 Å². The molecule has 21 heavy (non-hydrogen) atoms. The fraction of sp³-hybridized carbons (Fsp3) is 0.368. The second-order valence-electron chi connectivity index (χ2n) is 5.92. The topological polar surface area (TPSA) is 0 Å². The van der Waals surface area contributed by atoms with E-state index in [1.165, 1.54) is 37.7 Å². The SMILES string of the molecule is Clc1ccc(C(Cl)c2ccc(C3CCCCC3)cc2)cc1. The molecule has 1 aliphatic rings. The summed E-state index contributed by atoms with van der Waals surface area (Å²) in [5, 5.41) is 0.637. The first-order valence-corrected chi connectivity index (χ1v) is 8.55. The van der Waals surface area contributed by atoms with Gasteiger partial charge in [-0.05, 0) is 47.6 Å². The Bertz CT molecular complexity index is 566. The number of rotatable bonds is 3. The van der Waals surface area contributed by atoms with Crippen LogP contribution in [0.1, 0.15) is 60.1 Å². The molecule has 0 spiro atoms. The van der Waals surface area contributed by atoms with Crippen LogP contribution in [0.4, 0.5) is 0 Å². The highest BCUT2D eigenvalue weighted by atomic mass is 35.5. The number of alkyl halides is 1. The van der Waals surface area contributed by atoms with Crippen LogP contribution in [-0.2, 0) is 0 Å². The first-order valence-electron chi connectivity index (χ1n) is 7.73. The van der Waals surface area contributed by atoms with Crippen LogP contribution in [0.3, 0.4) is 0 Å². The largest absolute Gasteiger partial charge is 0.113 e. The van der Waals surface area contributed by atoms with Crippen molar-refractivity contribution in [1.82, 2.24) is 0 Å². The van der Waals surface area contributed by atoms with Crippen LogP contribution >= 0.6 is 23.2 Å². The standard InChI is InChI=1S/C19H20Cl2/c20-18-12-10-17(11-13-18)19(21)16-8-6-15(7-9-16)14-4-2-1-3-5-14/h6-14,19H,1-5H2. The molecule has 1 saturated carbocycles. The number of benzene rings is 2. The van der Waals surface area contributed by atoms with E-state index in [1.807, 2.05) is 24.3 Å². The predicted molar refractivity (Wildman–Crippen MR) is 91.4 cm³/mol. The molecule has 3 rings (SSSR count). The third-order valence-electron chi connectivity index (χ3n) is 4.47. The zero-order valence-corrected chi connectivity index (χ0v) is 13.6. The minimum absolute atomic E-state index is 0.109. The molecule has 2 heteroatoms. The van der Waals surface area contributed by atoms with Gasteiger partial charge in [-0.2, -0.15) is 0 Å². The summed E-state index contributed by atoms with van der Waals surface area (Å²) in [6.45, 7) is 0. The zero-order chi connectivity index (χ0) is 14.7. The van der Waals surface area contributed by atoms with Crippen LogP contribution in [0, 0.1) is 0 Å².